The van der Waals surface area contributed by atoms with E-state index in [0.29, 0.717) is 104 Å². The molecule has 2 N–H and O–H groups in total. The molecule has 4 rings (SSSR count). The molecule has 0 aliphatic heterocycles. The van der Waals surface area contributed by atoms with Crippen molar-refractivity contribution in [2.24, 2.45) is 0 Å². The van der Waals surface area contributed by atoms with Gasteiger partial charge in [-0.2, -0.15) is 59.7 Å². The van der Waals surface area contributed by atoms with Crippen molar-refractivity contribution >= 4 is 113 Å². The summed E-state index contributed by atoms with van der Waals surface area (Å²) in [5.41, 5.74) is -1.74. The average molecular weight is 1640 g/mol. The lowest BCUT2D eigenvalue weighted by atomic mass is 10.1. The summed E-state index contributed by atoms with van der Waals surface area (Å²) in [5.74, 6) is 5.57. The van der Waals surface area contributed by atoms with Crippen LogP contribution >= 0.6 is 59.7 Å². The van der Waals surface area contributed by atoms with E-state index in [1.807, 2.05) is 128 Å². The number of nitro benzene ring substituents is 1. The van der Waals surface area contributed by atoms with E-state index in [0.717, 1.165) is 35.2 Å². The van der Waals surface area contributed by atoms with E-state index in [2.05, 4.69) is 23.3 Å². The fourth-order valence-corrected chi connectivity index (χ4v) is 12.9. The van der Waals surface area contributed by atoms with Gasteiger partial charge in [0.1, 0.15) is 106 Å². The van der Waals surface area contributed by atoms with Crippen LogP contribution in [-0.2, 0) is 38.1 Å². The minimum Gasteiger partial charge on any atom is -0.492 e. The zero-order valence-electron chi connectivity index (χ0n) is 66.5. The largest absolute Gasteiger partial charge is 0.492 e. The molecule has 0 aliphatic carbocycles. The first-order chi connectivity index (χ1) is 51.8. The SMILES string of the molecule is C#COc1cc(OC#C)cc(C(=O)Oc2ccc([N+](=O)[O-])cc2)c1.C#COc1cc(OC#C)cc(C(C)=O)c1.CC(=O)c1cc(OCC(CSCCCC(=O)OC(C)(C)C)SCCNC(=O)OC(C)(C)C)cc(OCC(CSCCCC(=O)OC(C)(C)C)SCCNC(=O)OC(C)(C)C)c1.CC(C)(C)OC(=O)CCCS. The van der Waals surface area contributed by atoms with Crippen LogP contribution in [0.1, 0.15) is 187 Å². The van der Waals surface area contributed by atoms with Gasteiger partial charge in [-0.1, -0.05) is 25.7 Å². The third-order valence-corrected chi connectivity index (χ3v) is 18.1. The van der Waals surface area contributed by atoms with Crippen LogP contribution in [0.4, 0.5) is 15.3 Å². The predicted molar refractivity (Wildman–Crippen MR) is 441 cm³/mol. The van der Waals surface area contributed by atoms with Crippen molar-refractivity contribution in [2.75, 3.05) is 66.6 Å². The zero-order valence-corrected chi connectivity index (χ0v) is 70.7. The van der Waals surface area contributed by atoms with Crippen LogP contribution in [0, 0.1) is 60.2 Å². The summed E-state index contributed by atoms with van der Waals surface area (Å²) in [6, 6.07) is 18.9. The highest BCUT2D eigenvalue weighted by Gasteiger charge is 2.23. The molecule has 30 heteroatoms. The van der Waals surface area contributed by atoms with Gasteiger partial charge < -0.3 is 67.5 Å². The van der Waals surface area contributed by atoms with Gasteiger partial charge in [0, 0.05) is 107 Å². The van der Waals surface area contributed by atoms with Crippen molar-refractivity contribution in [1.82, 2.24) is 10.6 Å². The minimum atomic E-state index is -0.742. The molecule has 0 bridgehead atoms. The number of thioether (sulfide) groups is 4. The molecule has 25 nitrogen and oxygen atoms in total. The second kappa shape index (κ2) is 52.1. The summed E-state index contributed by atoms with van der Waals surface area (Å²) in [7, 11) is 0. The zero-order chi connectivity index (χ0) is 84.0. The van der Waals surface area contributed by atoms with E-state index in [1.165, 1.54) is 74.5 Å². The maximum absolute atomic E-state index is 12.6. The van der Waals surface area contributed by atoms with Crippen molar-refractivity contribution < 1.29 is 100 Å². The number of benzene rings is 4. The van der Waals surface area contributed by atoms with Gasteiger partial charge in [0.25, 0.3) is 5.69 Å². The Hall–Kier alpha value is -9.17. The number of ether oxygens (including phenoxy) is 12. The fraction of sp³-hybridized carbons (Fsp3) is 0.506. The quantitative estimate of drug-likeness (QED) is 0.00432. The number of hydrogen-bond acceptors (Lipinski definition) is 27. The molecule has 0 radical (unpaired) electrons. The van der Waals surface area contributed by atoms with Crippen LogP contribution in [-0.4, -0.2) is 158 Å². The number of esters is 4. The maximum atomic E-state index is 12.6. The van der Waals surface area contributed by atoms with Crippen molar-refractivity contribution in [3.63, 3.8) is 0 Å². The van der Waals surface area contributed by atoms with Gasteiger partial charge in [-0.05, 0) is 203 Å². The second-order valence-corrected chi connectivity index (χ2v) is 34.2. The normalized spacial score (nSPS) is 11.4. The van der Waals surface area contributed by atoms with Gasteiger partial charge in [0.2, 0.25) is 0 Å². The molecular weight excluding hydrogens is 1530 g/mol. The van der Waals surface area contributed by atoms with Crippen LogP contribution < -0.4 is 43.8 Å². The van der Waals surface area contributed by atoms with Crippen LogP contribution in [0.3, 0.4) is 0 Å². The summed E-state index contributed by atoms with van der Waals surface area (Å²) >= 11 is 10.8. The first kappa shape index (κ1) is 99.8. The van der Waals surface area contributed by atoms with Gasteiger partial charge in [0.15, 0.2) is 11.6 Å². The van der Waals surface area contributed by atoms with Crippen LogP contribution in [0.5, 0.6) is 40.2 Å². The van der Waals surface area contributed by atoms with Gasteiger partial charge >= 0.3 is 36.1 Å². The molecule has 608 valence electrons. The molecule has 2 amide bonds. The molecule has 4 aromatic rings. The van der Waals surface area contributed by atoms with E-state index in [-0.39, 0.29) is 74.1 Å². The molecule has 2 unspecified atom stereocenters. The van der Waals surface area contributed by atoms with E-state index >= 15 is 0 Å². The topological polar surface area (TPSA) is 315 Å². The van der Waals surface area contributed by atoms with E-state index in [4.69, 9.17) is 82.5 Å². The monoisotopic (exact) mass is 1630 g/mol. The van der Waals surface area contributed by atoms with E-state index < -0.39 is 45.5 Å². The summed E-state index contributed by atoms with van der Waals surface area (Å²) < 4.78 is 63.8. The van der Waals surface area contributed by atoms with E-state index in [1.54, 1.807) is 65.2 Å². The number of thiol groups is 1. The average Bonchev–Trinajstić information content (AvgIpc) is 0.844. The number of terminal acetylenes is 4. The number of carbonyl (C=O) groups is 8. The summed E-state index contributed by atoms with van der Waals surface area (Å²) in [6.45, 7) is 32.0. The van der Waals surface area contributed by atoms with Crippen molar-refractivity contribution in [3.8, 4) is 90.4 Å². The number of amides is 2. The predicted octanol–water partition coefficient (Wildman–Crippen LogP) is 16.2. The molecule has 4 aromatic carbocycles. The number of nitro groups is 1. The van der Waals surface area contributed by atoms with Gasteiger partial charge in [-0.15, -0.1) is 0 Å². The Bertz CT molecular complexity index is 3640. The molecule has 0 aromatic heterocycles. The molecule has 0 aliphatic rings. The molecule has 0 spiro atoms. The molecule has 111 heavy (non-hydrogen) atoms. The van der Waals surface area contributed by atoms with Crippen LogP contribution in [0.25, 0.3) is 0 Å². The number of nitrogens with zero attached hydrogens (tertiary/aromatic N) is 1. The third kappa shape index (κ3) is 51.8. The van der Waals surface area contributed by atoms with Crippen LogP contribution in [0.15, 0.2) is 78.9 Å². The summed E-state index contributed by atoms with van der Waals surface area (Å²) in [6.07, 6.45) is 30.3. The van der Waals surface area contributed by atoms with Gasteiger partial charge in [-0.25, -0.2) is 14.4 Å². The number of nitrogens with one attached hydrogen (secondary N) is 2. The molecule has 0 saturated carbocycles. The molecule has 0 heterocycles. The molecule has 0 fully saturated rings. The van der Waals surface area contributed by atoms with Crippen LogP contribution in [0.2, 0.25) is 0 Å². The Morgan fingerprint density at radius 1 is 0.450 bits per heavy atom. The molecular formula is C81H107N3O22S5. The molecule has 2 atom stereocenters. The van der Waals surface area contributed by atoms with Gasteiger partial charge in [-0.3, -0.25) is 34.1 Å². The summed E-state index contributed by atoms with van der Waals surface area (Å²) in [4.78, 5) is 106. The lowest BCUT2D eigenvalue weighted by molar-refractivity contribution is -0.384. The summed E-state index contributed by atoms with van der Waals surface area (Å²) in [5, 5.41) is 16.3. The standard InChI is InChI=1S/C44H74N2O11S4.C17H9NO6.C12H8O3.C8H16O2S/c1-31(47)32-24-33(52-27-35(60-22-18-45-39(50)56-43(8,9)10)29-58-20-14-16-37(48)54-41(2,3)4)26-34(25-32)53-28-36(61-23-19-46-40(51)57-44(11,12)13)30-59-21-15-17-38(49)55-42(5,6)7;1-3-22-15-9-12(10-16(11-15)23-4-2)17(19)24-14-7-5-13(6-8-14)18(20)21;1-4-14-11-6-10(9(3)13)7-12(8-11)15-5-2;1-8(2,3)10-7(9)5-4-6-11/h24-26,35-36H,14-23,27-30H2,1-13H3,(H,45,50)(H,46,51);1-2,5-11H;1-2,6-8H,3H3;11H,4-6H2,1-3H3. The number of rotatable bonds is 38. The highest BCUT2D eigenvalue weighted by atomic mass is 32.2. The number of ketones is 2. The third-order valence-electron chi connectivity index (χ3n) is 12.5. The minimum absolute atomic E-state index is 0.0275. The van der Waals surface area contributed by atoms with E-state index in [9.17, 15) is 48.5 Å². The second-order valence-electron chi connectivity index (χ2n) is 28.6. The first-order valence-corrected chi connectivity index (χ1v) is 40.2. The number of hydrogen-bond donors (Lipinski definition) is 3. The highest BCUT2D eigenvalue weighted by molar-refractivity contribution is 8.03. The lowest BCUT2D eigenvalue weighted by Crippen LogP contribution is -2.34. The Balaban J connectivity index is 0.000000979. The lowest BCUT2D eigenvalue weighted by Gasteiger charge is -2.21. The van der Waals surface area contributed by atoms with Crippen molar-refractivity contribution in [3.05, 3.63) is 106 Å². The van der Waals surface area contributed by atoms with Crippen molar-refractivity contribution in [1.29, 1.82) is 0 Å². The highest BCUT2D eigenvalue weighted by Crippen LogP contribution is 2.30. The maximum Gasteiger partial charge on any atom is 0.407 e. The Morgan fingerprint density at radius 3 is 1.07 bits per heavy atom. The number of Topliss-reactive ketones (excluding diaryl/α,β-unsaturated/α-hetero) is 2. The molecule has 0 saturated heterocycles. The van der Waals surface area contributed by atoms with Gasteiger partial charge in [0.05, 0.1) is 10.5 Å². The Morgan fingerprint density at radius 2 is 0.766 bits per heavy atom. The smallest absolute Gasteiger partial charge is 0.407 e. The number of non-ortho nitro benzene ring substituents is 1. The first-order valence-electron chi connectivity index (χ1n) is 35.1. The Kier molecular flexibility index (Phi) is 46.9. The fourth-order valence-electron chi connectivity index (χ4n) is 8.24. The Labute approximate surface area is 676 Å². The number of carbonyl (C=O) groups excluding carboxylic acids is 8. The number of alkyl carbamates (subject to hydrolysis) is 2. The van der Waals surface area contributed by atoms with Crippen molar-refractivity contribution in [2.45, 2.75) is 195 Å².